The molecule has 8 heteroatoms. The summed E-state index contributed by atoms with van der Waals surface area (Å²) < 4.78 is 21.0. The van der Waals surface area contributed by atoms with Crippen LogP contribution in [0.25, 0.3) is 0 Å². The van der Waals surface area contributed by atoms with Crippen molar-refractivity contribution in [3.05, 3.63) is 77.6 Å². The third kappa shape index (κ3) is 5.40. The van der Waals surface area contributed by atoms with Crippen molar-refractivity contribution < 1.29 is 18.7 Å². The summed E-state index contributed by atoms with van der Waals surface area (Å²) in [6, 6.07) is 17.2. The maximum atomic E-state index is 15.0. The molecule has 1 heterocycles. The van der Waals surface area contributed by atoms with Crippen LogP contribution in [0.15, 0.2) is 65.7 Å². The van der Waals surface area contributed by atoms with Crippen LogP contribution in [0.1, 0.15) is 36.5 Å². The van der Waals surface area contributed by atoms with Crippen LogP contribution >= 0.6 is 9.24 Å². The van der Waals surface area contributed by atoms with Gasteiger partial charge in [-0.1, -0.05) is 41.7 Å². The molecule has 1 unspecified atom stereocenters. The molecular weight excluding hydrogens is 488 g/mol. The minimum absolute atomic E-state index is 0.000927. The lowest BCUT2D eigenvalue weighted by molar-refractivity contribution is -0.131. The quantitative estimate of drug-likeness (QED) is 0.270. The highest BCUT2D eigenvalue weighted by Gasteiger charge is 2.56. The van der Waals surface area contributed by atoms with Crippen LogP contribution < -0.4 is 20.7 Å². The second kappa shape index (κ2) is 10.2. The number of anilines is 2. The van der Waals surface area contributed by atoms with E-state index in [1.165, 1.54) is 12.1 Å². The average molecular weight is 514 g/mol. The second-order valence-corrected chi connectivity index (χ2v) is 9.82. The number of amides is 2. The molecule has 0 bridgehead atoms. The van der Waals surface area contributed by atoms with Crippen LogP contribution in [-0.4, -0.2) is 18.0 Å². The van der Waals surface area contributed by atoms with Gasteiger partial charge in [-0.3, -0.25) is 14.6 Å². The first-order chi connectivity index (χ1) is 17.8. The van der Waals surface area contributed by atoms with E-state index in [2.05, 4.69) is 36.7 Å². The molecule has 2 aliphatic rings. The number of benzene rings is 3. The molecule has 1 saturated carbocycles. The molecule has 0 saturated heterocycles. The lowest BCUT2D eigenvalue weighted by atomic mass is 10.0. The molecule has 2 N–H and O–H groups in total. The number of hydrogen-bond acceptors (Lipinski definition) is 4. The molecule has 3 aromatic rings. The van der Waals surface area contributed by atoms with E-state index in [9.17, 15) is 9.59 Å². The van der Waals surface area contributed by atoms with Gasteiger partial charge in [-0.25, -0.2) is 4.39 Å². The lowest BCUT2D eigenvalue weighted by Gasteiger charge is -2.19. The van der Waals surface area contributed by atoms with E-state index >= 15 is 4.39 Å². The SMILES string of the molecule is Cc1ccc(NC(=O)C2(C(=O)Nc3ccc(O[C@H]4C#CC/C=N\c5cc(P)ccc54)c(F)c3)CC2)cc1. The minimum atomic E-state index is -1.16. The summed E-state index contributed by atoms with van der Waals surface area (Å²) in [5.74, 6) is 4.53. The van der Waals surface area contributed by atoms with E-state index in [1.807, 2.05) is 37.3 Å². The number of aryl methyl sites for hydroxylation is 1. The molecule has 3 aromatic carbocycles. The van der Waals surface area contributed by atoms with Gasteiger partial charge in [0.05, 0.1) is 5.69 Å². The number of ether oxygens (including phenoxy) is 1. The highest BCUT2D eigenvalue weighted by Crippen LogP contribution is 2.47. The second-order valence-electron chi connectivity index (χ2n) is 9.15. The molecule has 0 aromatic heterocycles. The Morgan fingerprint density at radius 2 is 1.73 bits per heavy atom. The summed E-state index contributed by atoms with van der Waals surface area (Å²) in [4.78, 5) is 30.3. The lowest BCUT2D eigenvalue weighted by Crippen LogP contribution is -2.35. The van der Waals surface area contributed by atoms with Crippen molar-refractivity contribution in [2.45, 2.75) is 32.3 Å². The zero-order valence-corrected chi connectivity index (χ0v) is 21.3. The highest BCUT2D eigenvalue weighted by molar-refractivity contribution is 7.27. The van der Waals surface area contributed by atoms with Crippen LogP contribution in [0.2, 0.25) is 0 Å². The van der Waals surface area contributed by atoms with E-state index in [1.54, 1.807) is 24.4 Å². The number of rotatable bonds is 6. The molecular formula is C29H25FN3O3P. The molecule has 2 amide bonds. The molecule has 1 fully saturated rings. The molecule has 0 spiro atoms. The smallest absolute Gasteiger partial charge is 0.240 e. The standard InChI is InChI=1S/C29H25FN3O3P/c1-18-5-7-19(8-6-18)32-27(34)29(13-14-29)28(35)33-20-9-12-26(23(30)16-20)36-25-4-2-3-15-31-24-17-21(37)10-11-22(24)25/h5-12,15-17,25H,3,13-14,37H2,1H3,(H,32,34)(H,33,35)/b31-15-/t25-/m0/s1. The molecule has 0 radical (unpaired) electrons. The predicted octanol–water partition coefficient (Wildman–Crippen LogP) is 5.22. The molecule has 6 nitrogen and oxygen atoms in total. The third-order valence-electron chi connectivity index (χ3n) is 6.36. The van der Waals surface area contributed by atoms with E-state index in [-0.39, 0.29) is 17.3 Å². The van der Waals surface area contributed by atoms with Crippen molar-refractivity contribution in [3.63, 3.8) is 0 Å². The van der Waals surface area contributed by atoms with E-state index < -0.39 is 23.2 Å². The van der Waals surface area contributed by atoms with Gasteiger partial charge >= 0.3 is 0 Å². The van der Waals surface area contributed by atoms with Crippen molar-refractivity contribution in [2.75, 3.05) is 10.6 Å². The molecule has 1 aliphatic heterocycles. The Hall–Kier alpha value is -4.01. The predicted molar refractivity (Wildman–Crippen MR) is 146 cm³/mol. The molecule has 37 heavy (non-hydrogen) atoms. The minimum Gasteiger partial charge on any atom is -0.470 e. The number of nitrogens with zero attached hydrogens (tertiary/aromatic N) is 1. The van der Waals surface area contributed by atoms with Crippen molar-refractivity contribution in [2.24, 2.45) is 10.4 Å². The van der Waals surface area contributed by atoms with Crippen LogP contribution in [0.3, 0.4) is 0 Å². The summed E-state index contributed by atoms with van der Waals surface area (Å²) in [7, 11) is 2.62. The van der Waals surface area contributed by atoms with Crippen LogP contribution in [-0.2, 0) is 9.59 Å². The van der Waals surface area contributed by atoms with Gasteiger partial charge in [-0.2, -0.15) is 0 Å². The Bertz CT molecular complexity index is 1470. The fourth-order valence-corrected chi connectivity index (χ4v) is 4.28. The Morgan fingerprint density at radius 3 is 2.43 bits per heavy atom. The van der Waals surface area contributed by atoms with Crippen molar-refractivity contribution in [1.29, 1.82) is 0 Å². The molecule has 2 atom stereocenters. The first kappa shape index (κ1) is 24.7. The Kier molecular flexibility index (Phi) is 6.78. The van der Waals surface area contributed by atoms with Gasteiger partial charge in [0, 0.05) is 35.6 Å². The van der Waals surface area contributed by atoms with Crippen LogP contribution in [0.4, 0.5) is 21.5 Å². The monoisotopic (exact) mass is 513 g/mol. The number of carbonyl (C=O) groups excluding carboxylic acids is 2. The topological polar surface area (TPSA) is 79.8 Å². The largest absolute Gasteiger partial charge is 0.470 e. The van der Waals surface area contributed by atoms with E-state index in [0.29, 0.717) is 24.9 Å². The zero-order chi connectivity index (χ0) is 26.0. The summed E-state index contributed by atoms with van der Waals surface area (Å²) in [6.07, 6.45) is 2.36. The van der Waals surface area contributed by atoms with Crippen LogP contribution in [0, 0.1) is 30.0 Å². The number of aliphatic imine (C=N–C) groups is 1. The molecule has 1 aliphatic carbocycles. The summed E-state index contributed by atoms with van der Waals surface area (Å²) in [6.45, 7) is 1.95. The fourth-order valence-electron chi connectivity index (χ4n) is 4.03. The van der Waals surface area contributed by atoms with Gasteiger partial charge in [-0.05, 0) is 55.4 Å². The van der Waals surface area contributed by atoms with Gasteiger partial charge in [0.1, 0.15) is 5.41 Å². The summed E-state index contributed by atoms with van der Waals surface area (Å²) in [5, 5.41) is 6.46. The number of halogens is 1. The first-order valence-electron chi connectivity index (χ1n) is 11.9. The fraction of sp³-hybridized carbons (Fsp3) is 0.207. The number of fused-ring (bicyclic) bond motifs is 1. The van der Waals surface area contributed by atoms with E-state index in [4.69, 9.17) is 4.74 Å². The maximum absolute atomic E-state index is 15.0. The van der Waals surface area contributed by atoms with Gasteiger partial charge in [0.25, 0.3) is 0 Å². The number of hydrogen-bond donors (Lipinski definition) is 2. The van der Waals surface area contributed by atoms with Gasteiger partial charge < -0.3 is 15.4 Å². The van der Waals surface area contributed by atoms with E-state index in [0.717, 1.165) is 22.1 Å². The van der Waals surface area contributed by atoms with Crippen molar-refractivity contribution >= 4 is 49.6 Å². The summed E-state index contributed by atoms with van der Waals surface area (Å²) in [5.41, 5.74) is 2.23. The molecule has 186 valence electrons. The maximum Gasteiger partial charge on any atom is 0.240 e. The Labute approximate surface area is 216 Å². The Morgan fingerprint density at radius 1 is 1.03 bits per heavy atom. The summed E-state index contributed by atoms with van der Waals surface area (Å²) >= 11 is 0. The van der Waals surface area contributed by atoms with Crippen molar-refractivity contribution in [3.8, 4) is 17.6 Å². The average Bonchev–Trinajstić information content (AvgIpc) is 3.67. The number of nitrogens with one attached hydrogen (secondary N) is 2. The van der Waals surface area contributed by atoms with Gasteiger partial charge in [0.2, 0.25) is 11.8 Å². The Balaban J connectivity index is 1.28. The zero-order valence-electron chi connectivity index (χ0n) is 20.2. The molecule has 5 rings (SSSR count). The van der Waals surface area contributed by atoms with Crippen molar-refractivity contribution in [1.82, 2.24) is 0 Å². The third-order valence-corrected chi connectivity index (χ3v) is 6.72. The van der Waals surface area contributed by atoms with Gasteiger partial charge in [-0.15, -0.1) is 9.24 Å². The normalized spacial score (nSPS) is 17.6. The highest BCUT2D eigenvalue weighted by atomic mass is 31.0. The van der Waals surface area contributed by atoms with Gasteiger partial charge in [0.15, 0.2) is 17.7 Å². The first-order valence-corrected chi connectivity index (χ1v) is 12.5. The number of carbonyl (C=O) groups is 2. The van der Waals surface area contributed by atoms with Crippen LogP contribution in [0.5, 0.6) is 5.75 Å².